The van der Waals surface area contributed by atoms with Crippen molar-refractivity contribution in [1.82, 2.24) is 5.32 Å². The normalized spacial score (nSPS) is 7.60. The van der Waals surface area contributed by atoms with Gasteiger partial charge in [-0.2, -0.15) is 12.6 Å². The largest absolute Gasteiger partial charge is 0.356 e. The molecule has 2 nitrogen and oxygen atoms in total. The van der Waals surface area contributed by atoms with Crippen molar-refractivity contribution >= 4 is 30.1 Å². The molecule has 62 valence electrons. The second-order valence-corrected chi connectivity index (χ2v) is 2.46. The van der Waals surface area contributed by atoms with Gasteiger partial charge in [0.15, 0.2) is 0 Å². The van der Waals surface area contributed by atoms with Gasteiger partial charge in [-0.15, -0.1) is 11.6 Å². The smallest absolute Gasteiger partial charge is 0.216 e. The number of rotatable bonds is 2. The van der Waals surface area contributed by atoms with Crippen LogP contribution in [0.15, 0.2) is 0 Å². The molecule has 0 unspecified atom stereocenters. The van der Waals surface area contributed by atoms with Crippen molar-refractivity contribution in [3.63, 3.8) is 0 Å². The van der Waals surface area contributed by atoms with Gasteiger partial charge in [-0.05, 0) is 0 Å². The van der Waals surface area contributed by atoms with Gasteiger partial charge in [0.05, 0.1) is 0 Å². The van der Waals surface area contributed by atoms with E-state index in [0.29, 0.717) is 12.3 Å². The van der Waals surface area contributed by atoms with Gasteiger partial charge in [-0.1, -0.05) is 6.92 Å². The van der Waals surface area contributed by atoms with Gasteiger partial charge >= 0.3 is 0 Å². The fourth-order valence-corrected chi connectivity index (χ4v) is 0.344. The summed E-state index contributed by atoms with van der Waals surface area (Å²) < 4.78 is 0. The number of nitrogens with one attached hydrogen (secondary N) is 1. The number of carbonyl (C=O) groups excluding carboxylic acids is 1. The summed E-state index contributed by atoms with van der Waals surface area (Å²) in [5, 5.41) is 2.58. The zero-order valence-electron chi connectivity index (χ0n) is 6.35. The van der Waals surface area contributed by atoms with Crippen LogP contribution in [0.2, 0.25) is 0 Å². The second-order valence-electron chi connectivity index (χ2n) is 1.47. The molecule has 0 rings (SSSR count). The maximum Gasteiger partial charge on any atom is 0.216 e. The Morgan fingerprint density at radius 3 is 2.20 bits per heavy atom. The van der Waals surface area contributed by atoms with E-state index in [0.717, 1.165) is 5.88 Å². The van der Waals surface area contributed by atoms with Crippen LogP contribution < -0.4 is 5.32 Å². The van der Waals surface area contributed by atoms with E-state index in [-0.39, 0.29) is 5.91 Å². The standard InChI is InChI=1S/C4H9NOS.C2H5Cl/c1-4(6)5-2-3-7;1-2-3/h7H,2-3H2,1H3,(H,5,6);2H2,1H3. The first-order chi connectivity index (χ1) is 4.68. The lowest BCUT2D eigenvalue weighted by Gasteiger charge is -1.93. The highest BCUT2D eigenvalue weighted by Crippen LogP contribution is 1.67. The summed E-state index contributed by atoms with van der Waals surface area (Å²) in [5.41, 5.74) is 0. The SMILES string of the molecule is CC(=O)NCCS.CCCl. The van der Waals surface area contributed by atoms with E-state index in [1.165, 1.54) is 6.92 Å². The zero-order chi connectivity index (χ0) is 8.41. The minimum atomic E-state index is 0.00838. The Balaban J connectivity index is 0. The molecule has 0 heterocycles. The minimum Gasteiger partial charge on any atom is -0.356 e. The number of alkyl halides is 1. The molecule has 0 aliphatic carbocycles. The van der Waals surface area contributed by atoms with Crippen LogP contribution in [0.3, 0.4) is 0 Å². The molecular weight excluding hydrogens is 170 g/mol. The number of carbonyl (C=O) groups is 1. The van der Waals surface area contributed by atoms with E-state index in [9.17, 15) is 4.79 Å². The Kier molecular flexibility index (Phi) is 15.1. The van der Waals surface area contributed by atoms with E-state index in [1.807, 2.05) is 6.92 Å². The van der Waals surface area contributed by atoms with Gasteiger partial charge in [-0.3, -0.25) is 4.79 Å². The van der Waals surface area contributed by atoms with Crippen molar-refractivity contribution in [3.05, 3.63) is 0 Å². The molecule has 10 heavy (non-hydrogen) atoms. The molecule has 0 aliphatic heterocycles. The van der Waals surface area contributed by atoms with Crippen LogP contribution in [0.1, 0.15) is 13.8 Å². The highest BCUT2D eigenvalue weighted by atomic mass is 35.5. The third-order valence-electron chi connectivity index (χ3n) is 0.486. The third kappa shape index (κ3) is 24.3. The van der Waals surface area contributed by atoms with E-state index >= 15 is 0 Å². The van der Waals surface area contributed by atoms with Crippen LogP contribution >= 0.6 is 24.2 Å². The Morgan fingerprint density at radius 1 is 1.70 bits per heavy atom. The summed E-state index contributed by atoms with van der Waals surface area (Å²) in [6.07, 6.45) is 0. The molecule has 1 amide bonds. The maximum absolute atomic E-state index is 10.1. The predicted octanol–water partition coefficient (Wildman–Crippen LogP) is 1.30. The summed E-state index contributed by atoms with van der Waals surface area (Å²) in [6.45, 7) is 4.05. The monoisotopic (exact) mass is 183 g/mol. The third-order valence-corrected chi connectivity index (χ3v) is 0.709. The average molecular weight is 184 g/mol. The molecule has 1 N–H and O–H groups in total. The number of amides is 1. The lowest BCUT2D eigenvalue weighted by molar-refractivity contribution is -0.118. The highest BCUT2D eigenvalue weighted by molar-refractivity contribution is 7.80. The van der Waals surface area contributed by atoms with Crippen LogP contribution in [-0.4, -0.2) is 24.1 Å². The average Bonchev–Trinajstić information content (AvgIpc) is 1.85. The van der Waals surface area contributed by atoms with Crippen LogP contribution in [0, 0.1) is 0 Å². The molecule has 0 aromatic carbocycles. The molecule has 0 bridgehead atoms. The van der Waals surface area contributed by atoms with Crippen molar-refractivity contribution in [2.45, 2.75) is 13.8 Å². The van der Waals surface area contributed by atoms with E-state index in [2.05, 4.69) is 17.9 Å². The number of halogens is 1. The molecule has 0 fully saturated rings. The maximum atomic E-state index is 10.1. The Bertz CT molecular complexity index is 80.1. The van der Waals surface area contributed by atoms with Crippen LogP contribution in [-0.2, 0) is 4.79 Å². The minimum absolute atomic E-state index is 0.00838. The van der Waals surface area contributed by atoms with Crippen molar-refractivity contribution in [2.24, 2.45) is 0 Å². The first-order valence-corrected chi connectivity index (χ1v) is 4.27. The molecule has 0 aromatic rings. The van der Waals surface area contributed by atoms with Gasteiger partial charge in [0.25, 0.3) is 0 Å². The zero-order valence-corrected chi connectivity index (χ0v) is 8.01. The van der Waals surface area contributed by atoms with E-state index in [1.54, 1.807) is 0 Å². The van der Waals surface area contributed by atoms with E-state index in [4.69, 9.17) is 11.6 Å². The van der Waals surface area contributed by atoms with Gasteiger partial charge in [-0.25, -0.2) is 0 Å². The van der Waals surface area contributed by atoms with Crippen molar-refractivity contribution in [3.8, 4) is 0 Å². The fourth-order valence-electron chi connectivity index (χ4n) is 0.232. The van der Waals surface area contributed by atoms with Gasteiger partial charge < -0.3 is 5.32 Å². The van der Waals surface area contributed by atoms with Crippen LogP contribution in [0.5, 0.6) is 0 Å². The Labute approximate surface area is 72.7 Å². The quantitative estimate of drug-likeness (QED) is 0.491. The topological polar surface area (TPSA) is 29.1 Å². The first-order valence-electron chi connectivity index (χ1n) is 3.10. The first kappa shape index (κ1) is 12.8. The number of thiol groups is 1. The summed E-state index contributed by atoms with van der Waals surface area (Å²) in [4.78, 5) is 10.1. The molecule has 0 spiro atoms. The van der Waals surface area contributed by atoms with E-state index < -0.39 is 0 Å². The summed E-state index contributed by atoms with van der Waals surface area (Å²) in [5.74, 6) is 1.44. The van der Waals surface area contributed by atoms with Crippen LogP contribution in [0.4, 0.5) is 0 Å². The molecule has 0 atom stereocenters. The Morgan fingerprint density at radius 2 is 2.10 bits per heavy atom. The summed E-state index contributed by atoms with van der Waals surface area (Å²) in [7, 11) is 0. The second kappa shape index (κ2) is 11.9. The number of hydrogen-bond donors (Lipinski definition) is 2. The fraction of sp³-hybridized carbons (Fsp3) is 0.833. The molecule has 4 heteroatoms. The molecule has 0 saturated heterocycles. The molecule has 0 aliphatic rings. The van der Waals surface area contributed by atoms with Gasteiger partial charge in [0, 0.05) is 25.1 Å². The molecule has 0 radical (unpaired) electrons. The number of hydrogen-bond acceptors (Lipinski definition) is 2. The molecule has 0 aromatic heterocycles. The Hall–Kier alpha value is 0.110. The van der Waals surface area contributed by atoms with Crippen LogP contribution in [0.25, 0.3) is 0 Å². The predicted molar refractivity (Wildman–Crippen MR) is 48.9 cm³/mol. The van der Waals surface area contributed by atoms with Gasteiger partial charge in [0.1, 0.15) is 0 Å². The lowest BCUT2D eigenvalue weighted by atomic mass is 10.6. The molecule has 0 saturated carbocycles. The van der Waals surface area contributed by atoms with Crippen molar-refractivity contribution in [1.29, 1.82) is 0 Å². The lowest BCUT2D eigenvalue weighted by Crippen LogP contribution is -2.21. The van der Waals surface area contributed by atoms with Gasteiger partial charge in [0.2, 0.25) is 5.91 Å². The summed E-state index contributed by atoms with van der Waals surface area (Å²) in [6, 6.07) is 0. The van der Waals surface area contributed by atoms with Crippen molar-refractivity contribution < 1.29 is 4.79 Å². The van der Waals surface area contributed by atoms with Crippen molar-refractivity contribution in [2.75, 3.05) is 18.2 Å². The highest BCUT2D eigenvalue weighted by Gasteiger charge is 1.83. The summed E-state index contributed by atoms with van der Waals surface area (Å²) >= 11 is 8.88. The molecular formula is C6H14ClNOS.